The van der Waals surface area contributed by atoms with E-state index in [1.54, 1.807) is 6.07 Å². The number of carbonyl (C=O) groups is 1. The van der Waals surface area contributed by atoms with Gasteiger partial charge in [0.05, 0.1) is 5.56 Å². The number of piperazine rings is 1. The number of hydrogen-bond donors (Lipinski definition) is 1. The number of amides is 1. The summed E-state index contributed by atoms with van der Waals surface area (Å²) in [6.07, 6.45) is 2.41. The number of rotatable bonds is 1. The molecule has 2 saturated heterocycles. The highest BCUT2D eigenvalue weighted by atomic mass is 16.3. The Kier molecular flexibility index (Phi) is 3.42. The smallest absolute Gasteiger partial charge is 0.257 e. The first-order chi connectivity index (χ1) is 9.58. The highest BCUT2D eigenvalue weighted by molar-refractivity contribution is 5.97. The van der Waals surface area contributed by atoms with Crippen molar-refractivity contribution in [2.45, 2.75) is 38.8 Å². The SMILES string of the molecule is Cc1cccc(C(=O)N2CC3CCCN3CC2C)c1O. The van der Waals surface area contributed by atoms with Crippen LogP contribution in [0.4, 0.5) is 0 Å². The second-order valence-electron chi connectivity index (χ2n) is 6.07. The second-order valence-corrected chi connectivity index (χ2v) is 6.07. The van der Waals surface area contributed by atoms with E-state index in [4.69, 9.17) is 0 Å². The van der Waals surface area contributed by atoms with E-state index < -0.39 is 0 Å². The van der Waals surface area contributed by atoms with Gasteiger partial charge in [0.2, 0.25) is 0 Å². The fourth-order valence-electron chi connectivity index (χ4n) is 3.46. The number of aryl methyl sites for hydroxylation is 1. The van der Waals surface area contributed by atoms with Crippen molar-refractivity contribution in [1.29, 1.82) is 0 Å². The number of benzene rings is 1. The molecule has 2 heterocycles. The number of fused-ring (bicyclic) bond motifs is 1. The van der Waals surface area contributed by atoms with Gasteiger partial charge >= 0.3 is 0 Å². The van der Waals surface area contributed by atoms with Gasteiger partial charge in [-0.25, -0.2) is 0 Å². The number of carbonyl (C=O) groups excluding carboxylic acids is 1. The fraction of sp³-hybridized carbons (Fsp3) is 0.562. The zero-order chi connectivity index (χ0) is 14.3. The molecule has 0 spiro atoms. The lowest BCUT2D eigenvalue weighted by molar-refractivity contribution is 0.0393. The summed E-state index contributed by atoms with van der Waals surface area (Å²) in [7, 11) is 0. The zero-order valence-electron chi connectivity index (χ0n) is 12.2. The molecule has 3 rings (SSSR count). The van der Waals surface area contributed by atoms with Crippen molar-refractivity contribution in [2.24, 2.45) is 0 Å². The molecule has 1 amide bonds. The highest BCUT2D eigenvalue weighted by Crippen LogP contribution is 2.28. The largest absolute Gasteiger partial charge is 0.507 e. The van der Waals surface area contributed by atoms with Crippen LogP contribution in [-0.2, 0) is 0 Å². The van der Waals surface area contributed by atoms with Crippen LogP contribution in [0.15, 0.2) is 18.2 Å². The van der Waals surface area contributed by atoms with Gasteiger partial charge in [0.15, 0.2) is 0 Å². The van der Waals surface area contributed by atoms with Gasteiger partial charge in [0.25, 0.3) is 5.91 Å². The van der Waals surface area contributed by atoms with Gasteiger partial charge in [0.1, 0.15) is 5.75 Å². The maximum atomic E-state index is 12.7. The van der Waals surface area contributed by atoms with E-state index in [-0.39, 0.29) is 17.7 Å². The predicted molar refractivity (Wildman–Crippen MR) is 77.9 cm³/mol. The summed E-state index contributed by atoms with van der Waals surface area (Å²) in [5, 5.41) is 10.1. The van der Waals surface area contributed by atoms with Gasteiger partial charge in [-0.15, -0.1) is 0 Å². The van der Waals surface area contributed by atoms with Crippen LogP contribution in [0.3, 0.4) is 0 Å². The summed E-state index contributed by atoms with van der Waals surface area (Å²) in [6, 6.07) is 6.08. The lowest BCUT2D eigenvalue weighted by atomic mass is 10.0. The molecule has 0 aliphatic carbocycles. The maximum absolute atomic E-state index is 12.7. The summed E-state index contributed by atoms with van der Waals surface area (Å²) in [5.74, 6) is 0.0869. The molecule has 2 fully saturated rings. The first-order valence-corrected chi connectivity index (χ1v) is 7.41. The lowest BCUT2D eigenvalue weighted by Crippen LogP contribution is -2.56. The minimum Gasteiger partial charge on any atom is -0.507 e. The fourth-order valence-corrected chi connectivity index (χ4v) is 3.46. The van der Waals surface area contributed by atoms with Crippen LogP contribution in [0.5, 0.6) is 5.75 Å². The van der Waals surface area contributed by atoms with Crippen molar-refractivity contribution in [3.63, 3.8) is 0 Å². The second kappa shape index (κ2) is 5.09. The van der Waals surface area contributed by atoms with Crippen LogP contribution >= 0.6 is 0 Å². The first-order valence-electron chi connectivity index (χ1n) is 7.41. The standard InChI is InChI=1S/C16H22N2O2/c1-11-5-3-7-14(15(11)19)16(20)18-10-13-6-4-8-17(13)9-12(18)2/h3,5,7,12-13,19H,4,6,8-10H2,1-2H3. The summed E-state index contributed by atoms with van der Waals surface area (Å²) in [4.78, 5) is 17.1. The number of nitrogens with zero attached hydrogens (tertiary/aromatic N) is 2. The normalized spacial score (nSPS) is 26.6. The average molecular weight is 274 g/mol. The highest BCUT2D eigenvalue weighted by Gasteiger charge is 2.37. The number of phenols is 1. The number of para-hydroxylation sites is 1. The van der Waals surface area contributed by atoms with E-state index in [2.05, 4.69) is 11.8 Å². The van der Waals surface area contributed by atoms with E-state index in [1.165, 1.54) is 12.8 Å². The summed E-state index contributed by atoms with van der Waals surface area (Å²) < 4.78 is 0. The predicted octanol–water partition coefficient (Wildman–Crippen LogP) is 2.01. The maximum Gasteiger partial charge on any atom is 0.257 e. The molecule has 2 unspecified atom stereocenters. The molecule has 2 aliphatic rings. The van der Waals surface area contributed by atoms with Crippen LogP contribution in [0.25, 0.3) is 0 Å². The van der Waals surface area contributed by atoms with Crippen molar-refractivity contribution >= 4 is 5.91 Å². The number of aromatic hydroxyl groups is 1. The van der Waals surface area contributed by atoms with Crippen LogP contribution in [0.1, 0.15) is 35.7 Å². The molecule has 4 nitrogen and oxygen atoms in total. The molecule has 0 saturated carbocycles. The van der Waals surface area contributed by atoms with E-state index in [9.17, 15) is 9.90 Å². The van der Waals surface area contributed by atoms with E-state index in [1.807, 2.05) is 24.0 Å². The Morgan fingerprint density at radius 2 is 2.15 bits per heavy atom. The van der Waals surface area contributed by atoms with Gasteiger partial charge in [-0.2, -0.15) is 0 Å². The third-order valence-electron chi connectivity index (χ3n) is 4.67. The molecule has 0 bridgehead atoms. The molecule has 1 aromatic rings. The third-order valence-corrected chi connectivity index (χ3v) is 4.67. The van der Waals surface area contributed by atoms with Crippen molar-refractivity contribution in [3.8, 4) is 5.75 Å². The van der Waals surface area contributed by atoms with Gasteiger partial charge in [-0.1, -0.05) is 12.1 Å². The van der Waals surface area contributed by atoms with Gasteiger partial charge in [0, 0.05) is 25.2 Å². The summed E-state index contributed by atoms with van der Waals surface area (Å²) in [6.45, 7) is 6.81. The van der Waals surface area contributed by atoms with Crippen molar-refractivity contribution < 1.29 is 9.90 Å². The number of hydrogen-bond acceptors (Lipinski definition) is 3. The molecular formula is C16H22N2O2. The Hall–Kier alpha value is -1.55. The Morgan fingerprint density at radius 3 is 2.95 bits per heavy atom. The molecule has 1 N–H and O–H groups in total. The van der Waals surface area contributed by atoms with Crippen LogP contribution in [0, 0.1) is 6.92 Å². The average Bonchev–Trinajstić information content (AvgIpc) is 2.87. The molecule has 2 atom stereocenters. The van der Waals surface area contributed by atoms with Crippen molar-refractivity contribution in [1.82, 2.24) is 9.80 Å². The Bertz CT molecular complexity index is 529. The van der Waals surface area contributed by atoms with Crippen LogP contribution in [0.2, 0.25) is 0 Å². The van der Waals surface area contributed by atoms with E-state index in [0.29, 0.717) is 11.6 Å². The monoisotopic (exact) mass is 274 g/mol. The molecule has 20 heavy (non-hydrogen) atoms. The minimum atomic E-state index is -0.0368. The van der Waals surface area contributed by atoms with Gasteiger partial charge in [-0.05, 0) is 44.9 Å². The van der Waals surface area contributed by atoms with Gasteiger partial charge < -0.3 is 10.0 Å². The van der Waals surface area contributed by atoms with Crippen molar-refractivity contribution in [3.05, 3.63) is 29.3 Å². The Labute approximate surface area is 120 Å². The van der Waals surface area contributed by atoms with Crippen LogP contribution < -0.4 is 0 Å². The Morgan fingerprint density at radius 1 is 1.35 bits per heavy atom. The van der Waals surface area contributed by atoms with Crippen molar-refractivity contribution in [2.75, 3.05) is 19.6 Å². The van der Waals surface area contributed by atoms with Gasteiger partial charge in [-0.3, -0.25) is 9.69 Å². The van der Waals surface area contributed by atoms with E-state index in [0.717, 1.165) is 25.2 Å². The molecule has 2 aliphatic heterocycles. The topological polar surface area (TPSA) is 43.8 Å². The molecule has 4 heteroatoms. The first kappa shape index (κ1) is 13.4. The molecule has 0 radical (unpaired) electrons. The summed E-state index contributed by atoms with van der Waals surface area (Å²) in [5.41, 5.74) is 1.19. The minimum absolute atomic E-state index is 0.0368. The summed E-state index contributed by atoms with van der Waals surface area (Å²) >= 11 is 0. The third kappa shape index (κ3) is 2.18. The van der Waals surface area contributed by atoms with E-state index >= 15 is 0 Å². The molecule has 1 aromatic carbocycles. The lowest BCUT2D eigenvalue weighted by Gasteiger charge is -2.42. The molecular weight excluding hydrogens is 252 g/mol. The zero-order valence-corrected chi connectivity index (χ0v) is 12.2. The number of phenolic OH excluding ortho intramolecular Hbond substituents is 1. The quantitative estimate of drug-likeness (QED) is 0.852. The van der Waals surface area contributed by atoms with Crippen LogP contribution in [-0.4, -0.2) is 52.5 Å². The Balaban J connectivity index is 1.84. The molecule has 0 aromatic heterocycles. The molecule has 108 valence electrons.